The van der Waals surface area contributed by atoms with Crippen molar-refractivity contribution in [3.05, 3.63) is 47.5 Å². The summed E-state index contributed by atoms with van der Waals surface area (Å²) in [6.07, 6.45) is 5.70. The van der Waals surface area contributed by atoms with Crippen LogP contribution in [0.3, 0.4) is 0 Å². The number of methoxy groups -OCH3 is 1. The molecule has 3 rings (SSSR count). The van der Waals surface area contributed by atoms with Gasteiger partial charge in [0, 0.05) is 42.7 Å². The van der Waals surface area contributed by atoms with Crippen molar-refractivity contribution < 1.29 is 9.53 Å². The second-order valence-electron chi connectivity index (χ2n) is 7.47. The Kier molecular flexibility index (Phi) is 5.64. The number of aromatic nitrogens is 2. The summed E-state index contributed by atoms with van der Waals surface area (Å²) in [5.74, 6) is 1.97. The molecule has 26 heavy (non-hydrogen) atoms. The van der Waals surface area contributed by atoms with E-state index in [9.17, 15) is 4.79 Å². The Hall–Kier alpha value is -2.30. The molecule has 0 unspecified atom stereocenters. The number of fused-ring (bicyclic) bond motifs is 1. The van der Waals surface area contributed by atoms with Gasteiger partial charge in [-0.1, -0.05) is 12.1 Å². The molecule has 2 aromatic rings. The van der Waals surface area contributed by atoms with E-state index in [4.69, 9.17) is 4.74 Å². The van der Waals surface area contributed by atoms with Gasteiger partial charge in [0.15, 0.2) is 0 Å². The van der Waals surface area contributed by atoms with Gasteiger partial charge in [-0.2, -0.15) is 0 Å². The molecule has 140 valence electrons. The molecule has 0 spiro atoms. The zero-order chi connectivity index (χ0) is 18.7. The quantitative estimate of drug-likeness (QED) is 0.857. The molecule has 5 nitrogen and oxygen atoms in total. The average molecular weight is 355 g/mol. The fourth-order valence-electron chi connectivity index (χ4n) is 3.87. The van der Waals surface area contributed by atoms with Crippen molar-refractivity contribution in [3.8, 4) is 5.75 Å². The molecule has 0 saturated carbocycles. The van der Waals surface area contributed by atoms with E-state index in [0.29, 0.717) is 12.5 Å². The Morgan fingerprint density at radius 1 is 1.42 bits per heavy atom. The maximum Gasteiger partial charge on any atom is 0.221 e. The highest BCUT2D eigenvalue weighted by molar-refractivity contribution is 5.77. The summed E-state index contributed by atoms with van der Waals surface area (Å²) in [5, 5.41) is 3.02. The van der Waals surface area contributed by atoms with Gasteiger partial charge >= 0.3 is 0 Å². The highest BCUT2D eigenvalue weighted by atomic mass is 16.5. The zero-order valence-corrected chi connectivity index (χ0v) is 16.2. The molecular weight excluding hydrogens is 326 g/mol. The topological polar surface area (TPSA) is 56.1 Å². The molecule has 0 saturated heterocycles. The van der Waals surface area contributed by atoms with Crippen molar-refractivity contribution in [2.75, 3.05) is 7.11 Å². The van der Waals surface area contributed by atoms with Crippen LogP contribution in [0.4, 0.5) is 0 Å². The Morgan fingerprint density at radius 3 is 2.96 bits per heavy atom. The minimum absolute atomic E-state index is 0.0364. The highest BCUT2D eigenvalue weighted by Crippen LogP contribution is 2.35. The summed E-state index contributed by atoms with van der Waals surface area (Å²) in [5.41, 5.74) is 2.21. The van der Waals surface area contributed by atoms with Crippen LogP contribution in [0.25, 0.3) is 0 Å². The number of benzene rings is 1. The first-order valence-corrected chi connectivity index (χ1v) is 9.49. The van der Waals surface area contributed by atoms with Crippen molar-refractivity contribution in [2.24, 2.45) is 0 Å². The average Bonchev–Trinajstić information content (AvgIpc) is 3.04. The summed E-state index contributed by atoms with van der Waals surface area (Å²) >= 11 is 0. The van der Waals surface area contributed by atoms with E-state index in [1.165, 1.54) is 6.42 Å². The van der Waals surface area contributed by atoms with E-state index >= 15 is 0 Å². The number of hydrogen-bond donors (Lipinski definition) is 1. The Balaban J connectivity index is 2.00. The van der Waals surface area contributed by atoms with Crippen LogP contribution in [-0.2, 0) is 11.2 Å². The molecule has 5 heteroatoms. The Bertz CT molecular complexity index is 766. The molecule has 1 amide bonds. The smallest absolute Gasteiger partial charge is 0.221 e. The number of amides is 1. The summed E-state index contributed by atoms with van der Waals surface area (Å²) in [4.78, 5) is 17.2. The Morgan fingerprint density at radius 2 is 2.23 bits per heavy atom. The van der Waals surface area contributed by atoms with Gasteiger partial charge in [0.1, 0.15) is 11.6 Å². The van der Waals surface area contributed by atoms with Crippen LogP contribution >= 0.6 is 0 Å². The number of ether oxygens (including phenoxy) is 1. The molecule has 1 aromatic heterocycles. The molecular formula is C21H29N3O2. The third-order valence-corrected chi connectivity index (χ3v) is 5.06. The van der Waals surface area contributed by atoms with Crippen LogP contribution in [-0.4, -0.2) is 28.6 Å². The van der Waals surface area contributed by atoms with Gasteiger partial charge in [-0.25, -0.2) is 4.98 Å². The fourth-order valence-corrected chi connectivity index (χ4v) is 3.87. The normalized spacial score (nSPS) is 17.7. The van der Waals surface area contributed by atoms with Crippen molar-refractivity contribution in [2.45, 2.75) is 64.5 Å². The van der Waals surface area contributed by atoms with Crippen molar-refractivity contribution >= 4 is 5.91 Å². The van der Waals surface area contributed by atoms with E-state index < -0.39 is 0 Å². The predicted octanol–water partition coefficient (Wildman–Crippen LogP) is 3.84. The van der Waals surface area contributed by atoms with Crippen LogP contribution in [0, 0.1) is 0 Å². The number of carbonyl (C=O) groups is 1. The zero-order valence-electron chi connectivity index (χ0n) is 16.2. The van der Waals surface area contributed by atoms with E-state index in [0.717, 1.165) is 35.7 Å². The standard InChI is InChI=1S/C21H29N3O2/c1-14(2)23-21(25)12-18(16-8-6-9-17(11-16)26-4)19-13-22-20-10-5-7-15(3)24(19)20/h6,8-9,11,13-15,18H,5,7,10,12H2,1-4H3,(H,23,25)/t15-,18-/m0/s1. The lowest BCUT2D eigenvalue weighted by Gasteiger charge is -2.27. The number of hydrogen-bond acceptors (Lipinski definition) is 3. The number of imidazole rings is 1. The molecule has 1 aliphatic heterocycles. The predicted molar refractivity (Wildman–Crippen MR) is 103 cm³/mol. The number of rotatable bonds is 6. The van der Waals surface area contributed by atoms with Gasteiger partial charge in [-0.3, -0.25) is 4.79 Å². The molecule has 0 radical (unpaired) electrons. The Labute approximate surface area is 155 Å². The summed E-state index contributed by atoms with van der Waals surface area (Å²) in [7, 11) is 1.67. The van der Waals surface area contributed by atoms with Gasteiger partial charge in [0.2, 0.25) is 5.91 Å². The molecule has 1 aliphatic rings. The van der Waals surface area contributed by atoms with Crippen LogP contribution in [0.15, 0.2) is 30.5 Å². The lowest BCUT2D eigenvalue weighted by atomic mass is 9.91. The summed E-state index contributed by atoms with van der Waals surface area (Å²) < 4.78 is 7.75. The molecule has 0 bridgehead atoms. The van der Waals surface area contributed by atoms with Gasteiger partial charge in [0.05, 0.1) is 7.11 Å². The number of nitrogens with one attached hydrogen (secondary N) is 1. The van der Waals surface area contributed by atoms with E-state index in [-0.39, 0.29) is 17.9 Å². The van der Waals surface area contributed by atoms with E-state index in [1.807, 2.05) is 38.2 Å². The van der Waals surface area contributed by atoms with Crippen molar-refractivity contribution in [1.82, 2.24) is 14.9 Å². The maximum atomic E-state index is 12.6. The molecule has 2 heterocycles. The second-order valence-corrected chi connectivity index (χ2v) is 7.47. The van der Waals surface area contributed by atoms with Gasteiger partial charge in [-0.05, 0) is 51.3 Å². The minimum atomic E-state index is -0.0364. The van der Waals surface area contributed by atoms with Crippen molar-refractivity contribution in [1.29, 1.82) is 0 Å². The van der Waals surface area contributed by atoms with Crippen LogP contribution < -0.4 is 10.1 Å². The summed E-state index contributed by atoms with van der Waals surface area (Å²) in [6, 6.07) is 8.57. The minimum Gasteiger partial charge on any atom is -0.497 e. The van der Waals surface area contributed by atoms with Crippen LogP contribution in [0.5, 0.6) is 5.75 Å². The van der Waals surface area contributed by atoms with Crippen LogP contribution in [0.1, 0.15) is 69.1 Å². The third kappa shape index (κ3) is 3.92. The molecule has 0 aliphatic carbocycles. The number of nitrogens with zero attached hydrogens (tertiary/aromatic N) is 2. The van der Waals surface area contributed by atoms with Crippen LogP contribution in [0.2, 0.25) is 0 Å². The van der Waals surface area contributed by atoms with Gasteiger partial charge in [0.25, 0.3) is 0 Å². The lowest BCUT2D eigenvalue weighted by Crippen LogP contribution is -2.32. The van der Waals surface area contributed by atoms with Gasteiger partial charge < -0.3 is 14.6 Å². The lowest BCUT2D eigenvalue weighted by molar-refractivity contribution is -0.121. The second kappa shape index (κ2) is 7.94. The maximum absolute atomic E-state index is 12.6. The third-order valence-electron chi connectivity index (χ3n) is 5.06. The monoisotopic (exact) mass is 355 g/mol. The first-order chi connectivity index (χ1) is 12.5. The molecule has 1 aromatic carbocycles. The highest BCUT2D eigenvalue weighted by Gasteiger charge is 2.27. The van der Waals surface area contributed by atoms with E-state index in [2.05, 4.69) is 27.9 Å². The van der Waals surface area contributed by atoms with Gasteiger partial charge in [-0.15, -0.1) is 0 Å². The first kappa shape index (κ1) is 18.5. The number of aryl methyl sites for hydroxylation is 1. The van der Waals surface area contributed by atoms with Crippen molar-refractivity contribution in [3.63, 3.8) is 0 Å². The largest absolute Gasteiger partial charge is 0.497 e. The molecule has 1 N–H and O–H groups in total. The fraction of sp³-hybridized carbons (Fsp3) is 0.524. The first-order valence-electron chi connectivity index (χ1n) is 9.49. The summed E-state index contributed by atoms with van der Waals surface area (Å²) in [6.45, 7) is 6.22. The number of carbonyl (C=O) groups excluding carboxylic acids is 1. The molecule has 2 atom stereocenters. The SMILES string of the molecule is COc1cccc([C@H](CC(=O)NC(C)C)c2cnc3n2[C@@H](C)CCC3)c1. The molecule has 0 fully saturated rings. The van der Waals surface area contributed by atoms with E-state index in [1.54, 1.807) is 7.11 Å².